The van der Waals surface area contributed by atoms with Crippen molar-refractivity contribution in [1.82, 2.24) is 19.7 Å². The van der Waals surface area contributed by atoms with Gasteiger partial charge in [-0.1, -0.05) is 26.0 Å². The minimum Gasteiger partial charge on any atom is -0.508 e. The van der Waals surface area contributed by atoms with Crippen LogP contribution in [0.15, 0.2) is 67.3 Å². The molecule has 0 saturated heterocycles. The van der Waals surface area contributed by atoms with Crippen LogP contribution in [0.3, 0.4) is 0 Å². The Hall–Kier alpha value is -3.62. The Kier molecular flexibility index (Phi) is 9.94. The van der Waals surface area contributed by atoms with E-state index in [1.165, 1.54) is 6.20 Å². The van der Waals surface area contributed by atoms with Gasteiger partial charge in [-0.25, -0.2) is 0 Å². The van der Waals surface area contributed by atoms with Crippen molar-refractivity contribution >= 4 is 36.4 Å². The average Bonchev–Trinajstić information content (AvgIpc) is 3.35. The number of carbonyl (C=O) groups is 1. The highest BCUT2D eigenvalue weighted by molar-refractivity contribution is 5.98. The fourth-order valence-corrected chi connectivity index (χ4v) is 4.90. The second kappa shape index (κ2) is 13.0. The molecule has 0 radical (unpaired) electrons. The Labute approximate surface area is 240 Å². The number of benzene rings is 1. The lowest BCUT2D eigenvalue weighted by Crippen LogP contribution is -2.36. The van der Waals surface area contributed by atoms with Crippen molar-refractivity contribution in [2.45, 2.75) is 58.0 Å². The lowest BCUT2D eigenvalue weighted by Gasteiger charge is -2.31. The van der Waals surface area contributed by atoms with Crippen LogP contribution >= 0.6 is 24.8 Å². The minimum absolute atomic E-state index is 0. The second-order valence-electron chi connectivity index (χ2n) is 9.86. The molecular formula is C29H33Cl2N5O3. The molecule has 1 atom stereocenters. The van der Waals surface area contributed by atoms with Crippen LogP contribution in [0.1, 0.15) is 66.6 Å². The predicted octanol–water partition coefficient (Wildman–Crippen LogP) is 5.75. The van der Waals surface area contributed by atoms with Crippen molar-refractivity contribution in [3.8, 4) is 11.5 Å². The quantitative estimate of drug-likeness (QED) is 0.293. The third-order valence-electron chi connectivity index (χ3n) is 6.88. The molecule has 1 aliphatic rings. The number of pyridine rings is 2. The summed E-state index contributed by atoms with van der Waals surface area (Å²) in [5.74, 6) is 0.316. The predicted molar refractivity (Wildman–Crippen MR) is 155 cm³/mol. The number of hydrogen-bond acceptors (Lipinski definition) is 6. The zero-order valence-electron chi connectivity index (χ0n) is 21.9. The van der Waals surface area contributed by atoms with Gasteiger partial charge in [0.25, 0.3) is 0 Å². The van der Waals surface area contributed by atoms with Gasteiger partial charge in [-0.05, 0) is 66.6 Å². The molecule has 206 valence electrons. The molecule has 0 fully saturated rings. The van der Waals surface area contributed by atoms with Crippen LogP contribution in [0.25, 0.3) is 0 Å². The highest BCUT2D eigenvalue weighted by Gasteiger charge is 2.32. The Bertz CT molecular complexity index is 1390. The lowest BCUT2D eigenvalue weighted by atomic mass is 9.81. The van der Waals surface area contributed by atoms with E-state index >= 15 is 0 Å². The number of amides is 1. The molecule has 3 heterocycles. The normalized spacial score (nSPS) is 14.2. The molecule has 3 aromatic heterocycles. The van der Waals surface area contributed by atoms with Gasteiger partial charge in [-0.3, -0.25) is 19.4 Å². The van der Waals surface area contributed by atoms with E-state index < -0.39 is 0 Å². The smallest absolute Gasteiger partial charge is 0.234 e. The SMILES string of the molecule is CC(C)c1ccc(N(Cc2cnn(Cc3ccc(O)cn3)c2)C(=O)C2CCCc3c(O)cccc32)cn1.Cl.Cl. The zero-order valence-corrected chi connectivity index (χ0v) is 23.5. The van der Waals surface area contributed by atoms with Crippen molar-refractivity contribution in [1.29, 1.82) is 0 Å². The van der Waals surface area contributed by atoms with Gasteiger partial charge in [-0.15, -0.1) is 24.8 Å². The zero-order chi connectivity index (χ0) is 25.9. The van der Waals surface area contributed by atoms with Crippen LogP contribution in [0.5, 0.6) is 11.5 Å². The molecule has 10 heteroatoms. The number of carbonyl (C=O) groups excluding carboxylic acids is 1. The molecule has 1 aliphatic carbocycles. The molecule has 1 amide bonds. The van der Waals surface area contributed by atoms with E-state index in [2.05, 4.69) is 28.9 Å². The molecule has 1 aromatic carbocycles. The van der Waals surface area contributed by atoms with Crippen molar-refractivity contribution in [2.24, 2.45) is 0 Å². The van der Waals surface area contributed by atoms with Crippen LogP contribution < -0.4 is 4.90 Å². The van der Waals surface area contributed by atoms with Crippen molar-refractivity contribution in [3.63, 3.8) is 0 Å². The van der Waals surface area contributed by atoms with Crippen LogP contribution in [0.2, 0.25) is 0 Å². The van der Waals surface area contributed by atoms with E-state index in [9.17, 15) is 15.0 Å². The molecule has 0 spiro atoms. The van der Waals surface area contributed by atoms with E-state index in [-0.39, 0.29) is 54.1 Å². The number of aromatic nitrogens is 4. The van der Waals surface area contributed by atoms with E-state index in [0.717, 1.165) is 53.0 Å². The first kappa shape index (κ1) is 29.9. The van der Waals surface area contributed by atoms with E-state index in [1.54, 1.807) is 40.2 Å². The minimum atomic E-state index is -0.336. The monoisotopic (exact) mass is 569 g/mol. The first-order valence-electron chi connectivity index (χ1n) is 12.6. The Morgan fingerprint density at radius 3 is 2.56 bits per heavy atom. The maximum absolute atomic E-state index is 14.1. The van der Waals surface area contributed by atoms with Gasteiger partial charge >= 0.3 is 0 Å². The molecule has 5 rings (SSSR count). The Morgan fingerprint density at radius 2 is 1.87 bits per heavy atom. The summed E-state index contributed by atoms with van der Waals surface area (Å²) < 4.78 is 1.77. The number of anilines is 1. The number of nitrogens with zero attached hydrogens (tertiary/aromatic N) is 5. The highest BCUT2D eigenvalue weighted by Crippen LogP contribution is 2.38. The fourth-order valence-electron chi connectivity index (χ4n) is 4.90. The maximum Gasteiger partial charge on any atom is 0.234 e. The van der Waals surface area contributed by atoms with Crippen molar-refractivity contribution in [2.75, 3.05) is 4.90 Å². The van der Waals surface area contributed by atoms with Crippen LogP contribution in [-0.4, -0.2) is 35.9 Å². The summed E-state index contributed by atoms with van der Waals surface area (Å²) in [4.78, 5) is 24.7. The van der Waals surface area contributed by atoms with Gasteiger partial charge in [0.05, 0.1) is 49.0 Å². The van der Waals surface area contributed by atoms with Gasteiger partial charge < -0.3 is 15.1 Å². The number of phenols is 1. The average molecular weight is 571 g/mol. The molecule has 39 heavy (non-hydrogen) atoms. The van der Waals surface area contributed by atoms with Crippen molar-refractivity contribution in [3.05, 3.63) is 95.3 Å². The maximum atomic E-state index is 14.1. The molecule has 0 saturated carbocycles. The number of halogens is 2. The van der Waals surface area contributed by atoms with Gasteiger partial charge in [0.1, 0.15) is 11.5 Å². The first-order chi connectivity index (χ1) is 17.9. The van der Waals surface area contributed by atoms with E-state index in [1.807, 2.05) is 30.5 Å². The summed E-state index contributed by atoms with van der Waals surface area (Å²) in [6.45, 7) is 4.98. The fraction of sp³-hybridized carbons (Fsp3) is 0.310. The molecule has 0 aliphatic heterocycles. The molecule has 4 aromatic rings. The summed E-state index contributed by atoms with van der Waals surface area (Å²) >= 11 is 0. The third kappa shape index (κ3) is 6.69. The van der Waals surface area contributed by atoms with E-state index in [0.29, 0.717) is 13.1 Å². The first-order valence-corrected chi connectivity index (χ1v) is 12.6. The van der Waals surface area contributed by atoms with Gasteiger partial charge in [0.15, 0.2) is 0 Å². The summed E-state index contributed by atoms with van der Waals surface area (Å²) in [6.07, 6.45) is 9.20. The Balaban J connectivity index is 0.00000210. The summed E-state index contributed by atoms with van der Waals surface area (Å²) in [5, 5.41) is 24.3. The van der Waals surface area contributed by atoms with Gasteiger partial charge in [0.2, 0.25) is 5.91 Å². The van der Waals surface area contributed by atoms with Crippen molar-refractivity contribution < 1.29 is 15.0 Å². The summed E-state index contributed by atoms with van der Waals surface area (Å²) in [6, 6.07) is 12.7. The summed E-state index contributed by atoms with van der Waals surface area (Å²) in [5.41, 5.74) is 5.13. The largest absolute Gasteiger partial charge is 0.508 e. The molecule has 2 N–H and O–H groups in total. The van der Waals surface area contributed by atoms with Gasteiger partial charge in [-0.2, -0.15) is 5.10 Å². The topological polar surface area (TPSA) is 104 Å². The third-order valence-corrected chi connectivity index (χ3v) is 6.88. The Morgan fingerprint density at radius 1 is 1.05 bits per heavy atom. The molecule has 1 unspecified atom stereocenters. The molecule has 8 nitrogen and oxygen atoms in total. The number of rotatable bonds is 7. The lowest BCUT2D eigenvalue weighted by molar-refractivity contribution is -0.120. The standard InChI is InChI=1S/C29H31N5O3.2ClH/c1-19(2)27-12-10-22(14-31-27)34(29(37)26-7-3-6-25-24(26)5-4-8-28(25)36)17-20-13-32-33(16-20)18-21-9-11-23(35)15-30-21;;/h4-5,8-16,19,26,35-36H,3,6-7,17-18H2,1-2H3;2*1H. The summed E-state index contributed by atoms with van der Waals surface area (Å²) in [7, 11) is 0. The highest BCUT2D eigenvalue weighted by atomic mass is 35.5. The number of phenolic OH excluding ortho intramolecular Hbond substituents is 1. The molecule has 0 bridgehead atoms. The van der Waals surface area contributed by atoms with E-state index in [4.69, 9.17) is 0 Å². The van der Waals surface area contributed by atoms with Gasteiger partial charge in [0, 0.05) is 17.5 Å². The number of hydrogen-bond donors (Lipinski definition) is 2. The second-order valence-corrected chi connectivity index (χ2v) is 9.86. The van der Waals surface area contributed by atoms with Crippen LogP contribution in [0.4, 0.5) is 5.69 Å². The molecular weight excluding hydrogens is 537 g/mol. The van der Waals surface area contributed by atoms with Crippen LogP contribution in [-0.2, 0) is 24.3 Å². The van der Waals surface area contributed by atoms with Crippen LogP contribution in [0, 0.1) is 0 Å². The number of aromatic hydroxyl groups is 2. The number of fused-ring (bicyclic) bond motifs is 1.